The molecule has 1 heterocycles. The van der Waals surface area contributed by atoms with Crippen LogP contribution in [-0.4, -0.2) is 21.3 Å². The molecule has 2 aromatic rings. The Labute approximate surface area is 114 Å². The number of hydrogen-bond donors (Lipinski definition) is 1. The molecule has 19 heavy (non-hydrogen) atoms. The smallest absolute Gasteiger partial charge is 0.269 e. The number of amides is 1. The van der Waals surface area contributed by atoms with Crippen LogP contribution in [0.15, 0.2) is 24.3 Å². The lowest BCUT2D eigenvalue weighted by atomic mass is 10.1. The molecule has 0 saturated heterocycles. The van der Waals surface area contributed by atoms with Gasteiger partial charge >= 0.3 is 0 Å². The lowest BCUT2D eigenvalue weighted by Gasteiger charge is -2.05. The zero-order valence-corrected chi connectivity index (χ0v) is 11.5. The van der Waals surface area contributed by atoms with E-state index in [1.54, 1.807) is 24.3 Å². The summed E-state index contributed by atoms with van der Waals surface area (Å²) >= 11 is 1.07. The first-order chi connectivity index (χ1) is 9.11. The van der Waals surface area contributed by atoms with Crippen LogP contribution < -0.4 is 5.32 Å². The summed E-state index contributed by atoms with van der Waals surface area (Å²) in [7, 11) is 0. The molecule has 0 radical (unpaired) electrons. The number of nitrogens with zero attached hydrogens (tertiary/aromatic N) is 2. The Hall–Kier alpha value is -2.08. The molecule has 1 amide bonds. The van der Waals surface area contributed by atoms with Crippen molar-refractivity contribution >= 4 is 28.9 Å². The van der Waals surface area contributed by atoms with Crippen molar-refractivity contribution < 1.29 is 9.59 Å². The van der Waals surface area contributed by atoms with Gasteiger partial charge in [-0.05, 0) is 37.0 Å². The molecule has 1 aromatic carbocycles. The Morgan fingerprint density at radius 1 is 1.37 bits per heavy atom. The molecule has 1 aromatic heterocycles. The van der Waals surface area contributed by atoms with Crippen molar-refractivity contribution in [2.75, 3.05) is 5.32 Å². The van der Waals surface area contributed by atoms with Gasteiger partial charge in [0.25, 0.3) is 5.91 Å². The van der Waals surface area contributed by atoms with Crippen LogP contribution in [0.3, 0.4) is 0 Å². The van der Waals surface area contributed by atoms with Gasteiger partial charge in [0.05, 0.1) is 5.69 Å². The standard InChI is InChI=1S/C13H13N3O2S/c1-3-11-12(19-16-15-11)13(18)14-10-6-4-5-9(7-10)8(2)17/h4-7H,3H2,1-2H3,(H,14,18). The van der Waals surface area contributed by atoms with Gasteiger partial charge in [0.15, 0.2) is 5.78 Å². The molecule has 0 aliphatic heterocycles. The number of rotatable bonds is 4. The van der Waals surface area contributed by atoms with Crippen molar-refractivity contribution in [1.29, 1.82) is 0 Å². The van der Waals surface area contributed by atoms with Crippen molar-refractivity contribution in [1.82, 2.24) is 9.59 Å². The van der Waals surface area contributed by atoms with Crippen LogP contribution >= 0.6 is 11.5 Å². The van der Waals surface area contributed by atoms with Crippen molar-refractivity contribution in [3.8, 4) is 0 Å². The lowest BCUT2D eigenvalue weighted by molar-refractivity contribution is 0.101. The van der Waals surface area contributed by atoms with E-state index in [1.165, 1.54) is 6.92 Å². The molecule has 98 valence electrons. The van der Waals surface area contributed by atoms with Gasteiger partial charge in [-0.3, -0.25) is 9.59 Å². The molecular weight excluding hydrogens is 262 g/mol. The summed E-state index contributed by atoms with van der Waals surface area (Å²) in [6.07, 6.45) is 0.659. The molecule has 5 nitrogen and oxygen atoms in total. The Balaban J connectivity index is 2.19. The van der Waals surface area contributed by atoms with E-state index in [2.05, 4.69) is 14.9 Å². The molecule has 1 N–H and O–H groups in total. The second-order valence-electron chi connectivity index (χ2n) is 3.99. The molecule has 0 atom stereocenters. The monoisotopic (exact) mass is 275 g/mol. The minimum absolute atomic E-state index is 0.0372. The number of anilines is 1. The number of benzene rings is 1. The quantitative estimate of drug-likeness (QED) is 0.870. The third-order valence-electron chi connectivity index (χ3n) is 2.62. The van der Waals surface area contributed by atoms with Crippen LogP contribution in [0, 0.1) is 0 Å². The van der Waals surface area contributed by atoms with Crippen molar-refractivity contribution in [2.45, 2.75) is 20.3 Å². The second kappa shape index (κ2) is 5.71. The first-order valence-electron chi connectivity index (χ1n) is 5.85. The number of ketones is 1. The molecule has 0 aliphatic carbocycles. The molecule has 0 bridgehead atoms. The average molecular weight is 275 g/mol. The third-order valence-corrected chi connectivity index (χ3v) is 3.39. The highest BCUT2D eigenvalue weighted by molar-refractivity contribution is 7.08. The fourth-order valence-corrected chi connectivity index (χ4v) is 2.26. The summed E-state index contributed by atoms with van der Waals surface area (Å²) in [5.41, 5.74) is 1.84. The molecule has 6 heteroatoms. The summed E-state index contributed by atoms with van der Waals surface area (Å²) in [6, 6.07) is 6.84. The molecular formula is C13H13N3O2S. The van der Waals surface area contributed by atoms with Crippen LogP contribution in [-0.2, 0) is 6.42 Å². The third kappa shape index (κ3) is 3.03. The minimum Gasteiger partial charge on any atom is -0.321 e. The van der Waals surface area contributed by atoms with Gasteiger partial charge in [-0.2, -0.15) is 0 Å². The van der Waals surface area contributed by atoms with E-state index in [4.69, 9.17) is 0 Å². The van der Waals surface area contributed by atoms with E-state index in [0.717, 1.165) is 11.5 Å². The summed E-state index contributed by atoms with van der Waals surface area (Å²) < 4.78 is 3.78. The van der Waals surface area contributed by atoms with E-state index >= 15 is 0 Å². The first kappa shape index (κ1) is 13.4. The predicted molar refractivity (Wildman–Crippen MR) is 73.7 cm³/mol. The highest BCUT2D eigenvalue weighted by atomic mass is 32.1. The molecule has 0 saturated carbocycles. The molecule has 0 aliphatic rings. The SMILES string of the molecule is CCc1nnsc1C(=O)Nc1cccc(C(C)=O)c1. The van der Waals surface area contributed by atoms with Crippen LogP contribution in [0.1, 0.15) is 39.6 Å². The average Bonchev–Trinajstić information content (AvgIpc) is 2.87. The number of hydrogen-bond acceptors (Lipinski definition) is 5. The number of aromatic nitrogens is 2. The van der Waals surface area contributed by atoms with Gasteiger partial charge in [0, 0.05) is 11.3 Å². The Bertz CT molecular complexity index is 622. The molecule has 0 fully saturated rings. The lowest BCUT2D eigenvalue weighted by Crippen LogP contribution is -2.12. The fraction of sp³-hybridized carbons (Fsp3) is 0.231. The molecule has 0 unspecified atom stereocenters. The van der Waals surface area contributed by atoms with Crippen molar-refractivity contribution in [3.63, 3.8) is 0 Å². The molecule has 2 rings (SSSR count). The van der Waals surface area contributed by atoms with Crippen LogP contribution in [0.4, 0.5) is 5.69 Å². The zero-order chi connectivity index (χ0) is 13.8. The maximum atomic E-state index is 12.1. The van der Waals surface area contributed by atoms with Crippen molar-refractivity contribution in [3.05, 3.63) is 40.4 Å². The van der Waals surface area contributed by atoms with Gasteiger partial charge < -0.3 is 5.32 Å². The summed E-state index contributed by atoms with van der Waals surface area (Å²) in [6.45, 7) is 3.41. The van der Waals surface area contributed by atoms with Crippen molar-refractivity contribution in [2.24, 2.45) is 0 Å². The number of Topliss-reactive ketones (excluding diaryl/α,β-unsaturated/α-hetero) is 1. The Morgan fingerprint density at radius 3 is 2.84 bits per heavy atom. The highest BCUT2D eigenvalue weighted by Gasteiger charge is 2.15. The summed E-state index contributed by atoms with van der Waals surface area (Å²) in [5.74, 6) is -0.280. The van der Waals surface area contributed by atoms with Gasteiger partial charge in [-0.1, -0.05) is 23.5 Å². The first-order valence-corrected chi connectivity index (χ1v) is 6.62. The number of carbonyl (C=O) groups is 2. The zero-order valence-electron chi connectivity index (χ0n) is 10.6. The van der Waals surface area contributed by atoms with Gasteiger partial charge in [0.1, 0.15) is 4.88 Å². The highest BCUT2D eigenvalue weighted by Crippen LogP contribution is 2.16. The Kier molecular flexibility index (Phi) is 4.01. The summed E-state index contributed by atoms with van der Waals surface area (Å²) in [5, 5.41) is 6.65. The molecule has 0 spiro atoms. The van der Waals surface area contributed by atoms with Gasteiger partial charge in [-0.15, -0.1) is 5.10 Å². The van der Waals surface area contributed by atoms with E-state index in [0.29, 0.717) is 28.2 Å². The summed E-state index contributed by atoms with van der Waals surface area (Å²) in [4.78, 5) is 23.9. The largest absolute Gasteiger partial charge is 0.321 e. The Morgan fingerprint density at radius 2 is 2.16 bits per heavy atom. The fourth-order valence-electron chi connectivity index (χ4n) is 1.62. The maximum Gasteiger partial charge on any atom is 0.269 e. The topological polar surface area (TPSA) is 72.0 Å². The predicted octanol–water partition coefficient (Wildman–Crippen LogP) is 2.56. The van der Waals surface area contributed by atoms with Gasteiger partial charge in [-0.25, -0.2) is 0 Å². The van der Waals surface area contributed by atoms with Crippen LogP contribution in [0.25, 0.3) is 0 Å². The van der Waals surface area contributed by atoms with Crippen LogP contribution in [0.5, 0.6) is 0 Å². The second-order valence-corrected chi connectivity index (χ2v) is 4.75. The van der Waals surface area contributed by atoms with Crippen LogP contribution in [0.2, 0.25) is 0 Å². The number of aryl methyl sites for hydroxylation is 1. The number of nitrogens with one attached hydrogen (secondary N) is 1. The maximum absolute atomic E-state index is 12.1. The minimum atomic E-state index is -0.243. The van der Waals surface area contributed by atoms with E-state index in [-0.39, 0.29) is 11.7 Å². The van der Waals surface area contributed by atoms with E-state index in [1.807, 2.05) is 6.92 Å². The van der Waals surface area contributed by atoms with E-state index < -0.39 is 0 Å². The van der Waals surface area contributed by atoms with Gasteiger partial charge in [0.2, 0.25) is 0 Å². The van der Waals surface area contributed by atoms with E-state index in [9.17, 15) is 9.59 Å². The normalized spacial score (nSPS) is 10.2. The number of carbonyl (C=O) groups excluding carboxylic acids is 2.